The molecule has 0 aliphatic carbocycles. The van der Waals surface area contributed by atoms with Crippen molar-refractivity contribution in [3.05, 3.63) is 53.1 Å². The highest BCUT2D eigenvalue weighted by atomic mass is 19.1. The molecular weight excluding hydrogens is 238 g/mol. The van der Waals surface area contributed by atoms with Crippen LogP contribution in [0.2, 0.25) is 0 Å². The number of aliphatic hydroxyl groups excluding tert-OH is 1. The van der Waals surface area contributed by atoms with Crippen molar-refractivity contribution in [1.29, 1.82) is 0 Å². The van der Waals surface area contributed by atoms with E-state index in [0.717, 1.165) is 23.5 Å². The lowest BCUT2D eigenvalue weighted by atomic mass is 10.1. The monoisotopic (exact) mass is 252 g/mol. The van der Waals surface area contributed by atoms with E-state index in [4.69, 9.17) is 0 Å². The molecule has 0 fully saturated rings. The first-order chi connectivity index (χ1) is 8.49. The summed E-state index contributed by atoms with van der Waals surface area (Å²) < 4.78 is 28.0. The first-order valence-corrected chi connectivity index (χ1v) is 5.60. The van der Waals surface area contributed by atoms with Crippen molar-refractivity contribution in [3.63, 3.8) is 0 Å². The lowest BCUT2D eigenvalue weighted by Gasteiger charge is -2.14. The quantitative estimate of drug-likeness (QED) is 0.911. The van der Waals surface area contributed by atoms with E-state index in [1.807, 2.05) is 13.8 Å². The topological polar surface area (TPSA) is 38.0 Å². The van der Waals surface area contributed by atoms with Crippen molar-refractivity contribution >= 4 is 0 Å². The molecule has 1 heterocycles. The zero-order valence-corrected chi connectivity index (χ0v) is 10.2. The van der Waals surface area contributed by atoms with E-state index in [2.05, 4.69) is 4.98 Å². The minimum atomic E-state index is -1.03. The third-order valence-electron chi connectivity index (χ3n) is 3.04. The van der Waals surface area contributed by atoms with Crippen molar-refractivity contribution in [2.75, 3.05) is 0 Å². The third kappa shape index (κ3) is 2.41. The summed E-state index contributed by atoms with van der Waals surface area (Å²) in [7, 11) is 0. The number of halogens is 2. The van der Waals surface area contributed by atoms with E-state index in [-0.39, 0.29) is 12.1 Å². The second kappa shape index (κ2) is 4.86. The number of hydrogen-bond acceptors (Lipinski definition) is 2. The van der Waals surface area contributed by atoms with E-state index in [1.165, 1.54) is 6.07 Å². The molecule has 0 amide bonds. The van der Waals surface area contributed by atoms with E-state index >= 15 is 0 Å². The van der Waals surface area contributed by atoms with E-state index in [1.54, 1.807) is 10.9 Å². The molecule has 0 saturated carbocycles. The smallest absolute Gasteiger partial charge is 0.131 e. The Hall–Kier alpha value is -1.75. The van der Waals surface area contributed by atoms with Crippen LogP contribution >= 0.6 is 0 Å². The highest BCUT2D eigenvalue weighted by molar-refractivity contribution is 5.21. The number of aryl methyl sites for hydroxylation is 1. The number of rotatable bonds is 3. The standard InChI is InChI=1S/C13H14F2N2O/c1-8-9(2)17(7-16-8)6-13(18)11-4-3-10(14)5-12(11)15/h3-5,7,13,18H,6H2,1-2H3. The second-order valence-corrected chi connectivity index (χ2v) is 4.25. The molecule has 0 aliphatic heterocycles. The van der Waals surface area contributed by atoms with Crippen molar-refractivity contribution < 1.29 is 13.9 Å². The van der Waals surface area contributed by atoms with Crippen LogP contribution in [0.3, 0.4) is 0 Å². The molecule has 3 nitrogen and oxygen atoms in total. The van der Waals surface area contributed by atoms with E-state index in [9.17, 15) is 13.9 Å². The molecule has 1 N–H and O–H groups in total. The predicted molar refractivity (Wildman–Crippen MR) is 63.0 cm³/mol. The van der Waals surface area contributed by atoms with Gasteiger partial charge in [0.1, 0.15) is 11.6 Å². The van der Waals surface area contributed by atoms with Gasteiger partial charge in [0.2, 0.25) is 0 Å². The number of hydrogen-bond donors (Lipinski definition) is 1. The number of imidazole rings is 1. The number of aliphatic hydroxyl groups is 1. The summed E-state index contributed by atoms with van der Waals surface area (Å²) in [6, 6.07) is 3.16. The fourth-order valence-electron chi connectivity index (χ4n) is 1.78. The van der Waals surface area contributed by atoms with E-state index in [0.29, 0.717) is 0 Å². The maximum Gasteiger partial charge on any atom is 0.131 e. The van der Waals surface area contributed by atoms with Crippen molar-refractivity contribution in [3.8, 4) is 0 Å². The summed E-state index contributed by atoms with van der Waals surface area (Å²) >= 11 is 0. The molecule has 96 valence electrons. The third-order valence-corrected chi connectivity index (χ3v) is 3.04. The Morgan fingerprint density at radius 2 is 2.06 bits per heavy atom. The molecular formula is C13H14F2N2O. The molecule has 1 aromatic heterocycles. The summed E-state index contributed by atoms with van der Waals surface area (Å²) in [5, 5.41) is 9.97. The zero-order valence-electron chi connectivity index (χ0n) is 10.2. The summed E-state index contributed by atoms with van der Waals surface area (Å²) in [5.74, 6) is -1.39. The number of nitrogens with zero attached hydrogens (tertiary/aromatic N) is 2. The van der Waals surface area contributed by atoms with Gasteiger partial charge >= 0.3 is 0 Å². The Morgan fingerprint density at radius 1 is 1.33 bits per heavy atom. The molecule has 0 aliphatic rings. The summed E-state index contributed by atoms with van der Waals surface area (Å²) in [4.78, 5) is 4.10. The number of benzene rings is 1. The Balaban J connectivity index is 2.22. The van der Waals surface area contributed by atoms with Gasteiger partial charge in [0.15, 0.2) is 0 Å². The van der Waals surface area contributed by atoms with Crippen molar-refractivity contribution in [1.82, 2.24) is 9.55 Å². The van der Waals surface area contributed by atoms with Crippen molar-refractivity contribution in [2.24, 2.45) is 0 Å². The van der Waals surface area contributed by atoms with Crippen LogP contribution < -0.4 is 0 Å². The van der Waals surface area contributed by atoms with Crippen LogP contribution in [-0.4, -0.2) is 14.7 Å². The maximum absolute atomic E-state index is 13.5. The lowest BCUT2D eigenvalue weighted by Crippen LogP contribution is -2.11. The fraction of sp³-hybridized carbons (Fsp3) is 0.308. The Labute approximate surface area is 104 Å². The van der Waals surface area contributed by atoms with Crippen LogP contribution in [0.25, 0.3) is 0 Å². The summed E-state index contributed by atoms with van der Waals surface area (Å²) in [6.07, 6.45) is 0.563. The molecule has 0 spiro atoms. The van der Waals surface area contributed by atoms with Gasteiger partial charge in [-0.1, -0.05) is 6.07 Å². The molecule has 1 unspecified atom stereocenters. The number of aromatic nitrogens is 2. The van der Waals surface area contributed by atoms with Crippen LogP contribution in [0.5, 0.6) is 0 Å². The Kier molecular flexibility index (Phi) is 3.43. The predicted octanol–water partition coefficient (Wildman–Crippen LogP) is 2.51. The molecule has 1 aromatic carbocycles. The van der Waals surface area contributed by atoms with Gasteiger partial charge in [0.05, 0.1) is 24.7 Å². The molecule has 0 bridgehead atoms. The molecule has 1 atom stereocenters. The van der Waals surface area contributed by atoms with Gasteiger partial charge in [-0.25, -0.2) is 13.8 Å². The molecule has 0 radical (unpaired) electrons. The average Bonchev–Trinajstić information content (AvgIpc) is 2.61. The van der Waals surface area contributed by atoms with Gasteiger partial charge < -0.3 is 9.67 Å². The highest BCUT2D eigenvalue weighted by Gasteiger charge is 2.15. The van der Waals surface area contributed by atoms with Crippen LogP contribution in [0.1, 0.15) is 23.1 Å². The second-order valence-electron chi connectivity index (χ2n) is 4.25. The maximum atomic E-state index is 13.5. The van der Waals surface area contributed by atoms with E-state index < -0.39 is 17.7 Å². The molecule has 0 saturated heterocycles. The largest absolute Gasteiger partial charge is 0.386 e. The van der Waals surface area contributed by atoms with Gasteiger partial charge in [-0.15, -0.1) is 0 Å². The SMILES string of the molecule is Cc1ncn(CC(O)c2ccc(F)cc2F)c1C. The normalized spacial score (nSPS) is 12.7. The fourth-order valence-corrected chi connectivity index (χ4v) is 1.78. The van der Waals surface area contributed by atoms with Gasteiger partial charge in [0.25, 0.3) is 0 Å². The van der Waals surface area contributed by atoms with Crippen LogP contribution in [0.4, 0.5) is 8.78 Å². The van der Waals surface area contributed by atoms with Crippen molar-refractivity contribution in [2.45, 2.75) is 26.5 Å². The van der Waals surface area contributed by atoms with Crippen LogP contribution in [-0.2, 0) is 6.54 Å². The molecule has 2 rings (SSSR count). The summed E-state index contributed by atoms with van der Waals surface area (Å²) in [5.41, 5.74) is 1.86. The summed E-state index contributed by atoms with van der Waals surface area (Å²) in [6.45, 7) is 3.92. The molecule has 5 heteroatoms. The molecule has 18 heavy (non-hydrogen) atoms. The first kappa shape index (κ1) is 12.7. The minimum absolute atomic E-state index is 0.0853. The van der Waals surface area contributed by atoms with Gasteiger partial charge in [0, 0.05) is 17.3 Å². The Bertz CT molecular complexity index is 566. The highest BCUT2D eigenvalue weighted by Crippen LogP contribution is 2.20. The Morgan fingerprint density at radius 3 is 2.61 bits per heavy atom. The minimum Gasteiger partial charge on any atom is -0.386 e. The average molecular weight is 252 g/mol. The lowest BCUT2D eigenvalue weighted by molar-refractivity contribution is 0.151. The van der Waals surface area contributed by atoms with Gasteiger partial charge in [-0.2, -0.15) is 0 Å². The zero-order chi connectivity index (χ0) is 13.3. The van der Waals surface area contributed by atoms with Gasteiger partial charge in [-0.05, 0) is 19.9 Å². The molecule has 2 aromatic rings. The van der Waals surface area contributed by atoms with Crippen LogP contribution in [0.15, 0.2) is 24.5 Å². The van der Waals surface area contributed by atoms with Crippen LogP contribution in [0, 0.1) is 25.5 Å². The first-order valence-electron chi connectivity index (χ1n) is 5.60. The van der Waals surface area contributed by atoms with Gasteiger partial charge in [-0.3, -0.25) is 0 Å².